The summed E-state index contributed by atoms with van der Waals surface area (Å²) in [6.07, 6.45) is -3.79. The monoisotopic (exact) mass is 470 g/mol. The SMILES string of the molecule is COc1ccc(C(=O)N2CCC(C(=O)Nc3cc(C(F)(F)F)ccc3Cl)CC2)cc1OC. The molecular formula is C22H22ClF3N2O4. The molecule has 0 spiro atoms. The van der Waals surface area contributed by atoms with Crippen molar-refractivity contribution in [2.24, 2.45) is 5.92 Å². The van der Waals surface area contributed by atoms with Gasteiger partial charge in [0.05, 0.1) is 30.5 Å². The Morgan fingerprint density at radius 1 is 1.03 bits per heavy atom. The maximum atomic E-state index is 12.9. The van der Waals surface area contributed by atoms with Crippen LogP contribution in [0, 0.1) is 5.92 Å². The van der Waals surface area contributed by atoms with Crippen molar-refractivity contribution in [3.63, 3.8) is 0 Å². The van der Waals surface area contributed by atoms with Gasteiger partial charge in [-0.3, -0.25) is 9.59 Å². The normalized spacial score (nSPS) is 14.8. The molecule has 1 fully saturated rings. The highest BCUT2D eigenvalue weighted by Gasteiger charge is 2.32. The first-order chi connectivity index (χ1) is 15.1. The number of rotatable bonds is 5. The molecular weight excluding hydrogens is 449 g/mol. The Balaban J connectivity index is 1.62. The molecule has 1 aliphatic heterocycles. The fourth-order valence-electron chi connectivity index (χ4n) is 3.53. The number of amides is 2. The van der Waals surface area contributed by atoms with Crippen molar-refractivity contribution in [3.05, 3.63) is 52.5 Å². The first-order valence-electron chi connectivity index (χ1n) is 9.83. The van der Waals surface area contributed by atoms with E-state index >= 15 is 0 Å². The molecule has 1 aliphatic rings. The Morgan fingerprint density at radius 2 is 1.69 bits per heavy atom. The lowest BCUT2D eigenvalue weighted by molar-refractivity contribution is -0.137. The summed E-state index contributed by atoms with van der Waals surface area (Å²) in [5, 5.41) is 2.51. The lowest BCUT2D eigenvalue weighted by Gasteiger charge is -2.31. The van der Waals surface area contributed by atoms with E-state index in [-0.39, 0.29) is 16.6 Å². The van der Waals surface area contributed by atoms with Crippen molar-refractivity contribution < 1.29 is 32.2 Å². The molecule has 32 heavy (non-hydrogen) atoms. The molecule has 2 aromatic carbocycles. The first kappa shape index (κ1) is 23.7. The van der Waals surface area contributed by atoms with Crippen molar-refractivity contribution >= 4 is 29.1 Å². The summed E-state index contributed by atoms with van der Waals surface area (Å²) < 4.78 is 49.2. The van der Waals surface area contributed by atoms with E-state index < -0.39 is 23.6 Å². The minimum Gasteiger partial charge on any atom is -0.493 e. The predicted molar refractivity (Wildman–Crippen MR) is 113 cm³/mol. The van der Waals surface area contributed by atoms with Crippen molar-refractivity contribution in [3.8, 4) is 11.5 Å². The molecule has 1 N–H and O–H groups in total. The third-order valence-corrected chi connectivity index (χ3v) is 5.66. The summed E-state index contributed by atoms with van der Waals surface area (Å²) in [6.45, 7) is 0.670. The molecule has 1 saturated heterocycles. The quantitative estimate of drug-likeness (QED) is 0.677. The van der Waals surface area contributed by atoms with Gasteiger partial charge in [0.1, 0.15) is 0 Å². The smallest absolute Gasteiger partial charge is 0.416 e. The lowest BCUT2D eigenvalue weighted by atomic mass is 9.95. The van der Waals surface area contributed by atoms with Crippen LogP contribution in [0.25, 0.3) is 0 Å². The second-order valence-corrected chi connectivity index (χ2v) is 7.73. The zero-order chi connectivity index (χ0) is 23.5. The first-order valence-corrected chi connectivity index (χ1v) is 10.2. The zero-order valence-corrected chi connectivity index (χ0v) is 18.2. The van der Waals surface area contributed by atoms with Gasteiger partial charge in [0.15, 0.2) is 11.5 Å². The maximum Gasteiger partial charge on any atom is 0.416 e. The molecule has 0 bridgehead atoms. The number of hydrogen-bond acceptors (Lipinski definition) is 4. The maximum absolute atomic E-state index is 12.9. The summed E-state index contributed by atoms with van der Waals surface area (Å²) >= 11 is 5.95. The highest BCUT2D eigenvalue weighted by atomic mass is 35.5. The number of ether oxygens (including phenoxy) is 2. The van der Waals surface area contributed by atoms with E-state index in [1.807, 2.05) is 0 Å². The molecule has 0 aliphatic carbocycles. The van der Waals surface area contributed by atoms with E-state index in [1.165, 1.54) is 14.2 Å². The van der Waals surface area contributed by atoms with Crippen LogP contribution in [-0.4, -0.2) is 44.0 Å². The average Bonchev–Trinajstić information content (AvgIpc) is 2.78. The van der Waals surface area contributed by atoms with Gasteiger partial charge < -0.3 is 19.7 Å². The number of piperidine rings is 1. The second kappa shape index (κ2) is 9.68. The van der Waals surface area contributed by atoms with Gasteiger partial charge >= 0.3 is 6.18 Å². The number of hydrogen-bond donors (Lipinski definition) is 1. The van der Waals surface area contributed by atoms with Crippen LogP contribution in [0.3, 0.4) is 0 Å². The number of halogens is 4. The van der Waals surface area contributed by atoms with Crippen LogP contribution in [-0.2, 0) is 11.0 Å². The summed E-state index contributed by atoms with van der Waals surface area (Å²) in [4.78, 5) is 27.0. The summed E-state index contributed by atoms with van der Waals surface area (Å²) in [5.41, 5.74) is -0.552. The fourth-order valence-corrected chi connectivity index (χ4v) is 3.69. The van der Waals surface area contributed by atoms with Crippen LogP contribution in [0.15, 0.2) is 36.4 Å². The molecule has 172 valence electrons. The molecule has 2 amide bonds. The molecule has 0 radical (unpaired) electrons. The number of likely N-dealkylation sites (tertiary alicyclic amines) is 1. The highest BCUT2D eigenvalue weighted by molar-refractivity contribution is 6.33. The van der Waals surface area contributed by atoms with E-state index in [0.29, 0.717) is 43.0 Å². The molecule has 0 saturated carbocycles. The zero-order valence-electron chi connectivity index (χ0n) is 17.5. The van der Waals surface area contributed by atoms with Crippen LogP contribution in [0.4, 0.5) is 18.9 Å². The minimum absolute atomic E-state index is 0.0208. The van der Waals surface area contributed by atoms with Crippen molar-refractivity contribution in [1.82, 2.24) is 4.90 Å². The Kier molecular flexibility index (Phi) is 7.18. The van der Waals surface area contributed by atoms with Crippen LogP contribution in [0.5, 0.6) is 11.5 Å². The standard InChI is InChI=1S/C22H22ClF3N2O4/c1-31-18-6-3-14(11-19(18)32-2)21(30)28-9-7-13(8-10-28)20(29)27-17-12-15(22(24,25)26)4-5-16(17)23/h3-6,11-13H,7-10H2,1-2H3,(H,27,29). The van der Waals surface area contributed by atoms with Crippen LogP contribution in [0.1, 0.15) is 28.8 Å². The molecule has 10 heteroatoms. The molecule has 1 heterocycles. The molecule has 2 aromatic rings. The van der Waals surface area contributed by atoms with Crippen LogP contribution >= 0.6 is 11.6 Å². The fraction of sp³-hybridized carbons (Fsp3) is 0.364. The van der Waals surface area contributed by atoms with Gasteiger partial charge in [0.25, 0.3) is 5.91 Å². The number of anilines is 1. The van der Waals surface area contributed by atoms with Gasteiger partial charge in [-0.2, -0.15) is 13.2 Å². The van der Waals surface area contributed by atoms with Gasteiger partial charge in [-0.05, 0) is 49.2 Å². The molecule has 6 nitrogen and oxygen atoms in total. The molecule has 0 atom stereocenters. The Hall–Kier alpha value is -2.94. The van der Waals surface area contributed by atoms with Gasteiger partial charge in [-0.15, -0.1) is 0 Å². The number of benzene rings is 2. The number of carbonyl (C=O) groups is 2. The average molecular weight is 471 g/mol. The van der Waals surface area contributed by atoms with Gasteiger partial charge in [0, 0.05) is 24.6 Å². The van der Waals surface area contributed by atoms with E-state index in [1.54, 1.807) is 23.1 Å². The van der Waals surface area contributed by atoms with Gasteiger partial charge in [-0.1, -0.05) is 11.6 Å². The summed E-state index contributed by atoms with van der Waals surface area (Å²) in [6, 6.07) is 7.65. The lowest BCUT2D eigenvalue weighted by Crippen LogP contribution is -2.41. The highest BCUT2D eigenvalue weighted by Crippen LogP contribution is 2.34. The number of methoxy groups -OCH3 is 2. The van der Waals surface area contributed by atoms with Crippen LogP contribution in [0.2, 0.25) is 5.02 Å². The summed E-state index contributed by atoms with van der Waals surface area (Å²) in [5.74, 6) is -0.136. The number of nitrogens with zero attached hydrogens (tertiary/aromatic N) is 1. The molecule has 0 aromatic heterocycles. The number of alkyl halides is 3. The van der Waals surface area contributed by atoms with E-state index in [9.17, 15) is 22.8 Å². The predicted octanol–water partition coefficient (Wildman–Crippen LogP) is 4.87. The third kappa shape index (κ3) is 5.27. The van der Waals surface area contributed by atoms with E-state index in [4.69, 9.17) is 21.1 Å². The summed E-state index contributed by atoms with van der Waals surface area (Å²) in [7, 11) is 2.98. The van der Waals surface area contributed by atoms with Gasteiger partial charge in [-0.25, -0.2) is 0 Å². The second-order valence-electron chi connectivity index (χ2n) is 7.32. The topological polar surface area (TPSA) is 67.9 Å². The number of nitrogens with one attached hydrogen (secondary N) is 1. The number of carbonyl (C=O) groups excluding carboxylic acids is 2. The Labute approximate surface area is 188 Å². The molecule has 0 unspecified atom stereocenters. The van der Waals surface area contributed by atoms with Crippen LogP contribution < -0.4 is 14.8 Å². The van der Waals surface area contributed by atoms with Gasteiger partial charge in [0.2, 0.25) is 5.91 Å². The van der Waals surface area contributed by atoms with E-state index in [0.717, 1.165) is 18.2 Å². The van der Waals surface area contributed by atoms with Crippen molar-refractivity contribution in [2.75, 3.05) is 32.6 Å². The third-order valence-electron chi connectivity index (χ3n) is 5.34. The van der Waals surface area contributed by atoms with Crippen molar-refractivity contribution in [1.29, 1.82) is 0 Å². The Morgan fingerprint density at radius 3 is 2.28 bits per heavy atom. The van der Waals surface area contributed by atoms with Crippen molar-refractivity contribution in [2.45, 2.75) is 19.0 Å². The minimum atomic E-state index is -4.54. The Bertz CT molecular complexity index is 1010. The molecule has 3 rings (SSSR count). The largest absolute Gasteiger partial charge is 0.493 e. The van der Waals surface area contributed by atoms with E-state index in [2.05, 4.69) is 5.32 Å².